The lowest BCUT2D eigenvalue weighted by Crippen LogP contribution is -2.47. The molecule has 2 aromatic heterocycles. The highest BCUT2D eigenvalue weighted by atomic mass is 16.4. The van der Waals surface area contributed by atoms with E-state index in [1.807, 2.05) is 26.8 Å². The van der Waals surface area contributed by atoms with Gasteiger partial charge in [0.25, 0.3) is 0 Å². The van der Waals surface area contributed by atoms with Gasteiger partial charge in [-0.05, 0) is 57.2 Å². The molecule has 1 saturated heterocycles. The summed E-state index contributed by atoms with van der Waals surface area (Å²) < 4.78 is 11.2. The molecule has 0 unspecified atom stereocenters. The van der Waals surface area contributed by atoms with Crippen LogP contribution in [0.2, 0.25) is 0 Å². The molecule has 0 aliphatic carbocycles. The van der Waals surface area contributed by atoms with Gasteiger partial charge in [-0.15, -0.1) is 0 Å². The van der Waals surface area contributed by atoms with Gasteiger partial charge in [0.05, 0.1) is 12.0 Å². The first kappa shape index (κ1) is 19.2. The van der Waals surface area contributed by atoms with E-state index >= 15 is 0 Å². The van der Waals surface area contributed by atoms with Gasteiger partial charge in [0.15, 0.2) is 0 Å². The lowest BCUT2D eigenvalue weighted by Gasteiger charge is -2.25. The van der Waals surface area contributed by atoms with Crippen LogP contribution in [0.5, 0.6) is 0 Å². The number of hydrogen-bond donors (Lipinski definition) is 0. The first-order valence-corrected chi connectivity index (χ1v) is 9.74. The second-order valence-corrected chi connectivity index (χ2v) is 7.69. The van der Waals surface area contributed by atoms with E-state index in [1.165, 1.54) is 4.90 Å². The number of carbonyl (C=O) groups excluding carboxylic acids is 2. The molecule has 7 heteroatoms. The molecule has 1 aliphatic heterocycles. The number of furan rings is 1. The van der Waals surface area contributed by atoms with Crippen molar-refractivity contribution in [3.05, 3.63) is 45.0 Å². The van der Waals surface area contributed by atoms with E-state index in [1.54, 1.807) is 6.07 Å². The Hall–Kier alpha value is -3.09. The van der Waals surface area contributed by atoms with Crippen molar-refractivity contribution in [3.63, 3.8) is 0 Å². The summed E-state index contributed by atoms with van der Waals surface area (Å²) in [6, 6.07) is 2.80. The molecule has 1 aromatic carbocycles. The fourth-order valence-electron chi connectivity index (χ4n) is 4.20. The summed E-state index contributed by atoms with van der Waals surface area (Å²) in [7, 11) is 0. The molecular weight excluding hydrogens is 374 g/mol. The van der Waals surface area contributed by atoms with Crippen molar-refractivity contribution in [1.29, 1.82) is 0 Å². The minimum Gasteiger partial charge on any atom is -0.548 e. The molecule has 152 valence electrons. The maximum Gasteiger partial charge on any atom is 0.339 e. The highest BCUT2D eigenvalue weighted by Crippen LogP contribution is 2.31. The number of likely N-dealkylation sites (tertiary alicyclic amines) is 1. The van der Waals surface area contributed by atoms with E-state index < -0.39 is 17.6 Å². The predicted molar refractivity (Wildman–Crippen MR) is 105 cm³/mol. The monoisotopic (exact) mass is 396 g/mol. The van der Waals surface area contributed by atoms with Crippen LogP contribution in [-0.2, 0) is 16.0 Å². The smallest absolute Gasteiger partial charge is 0.339 e. The highest BCUT2D eigenvalue weighted by Gasteiger charge is 2.29. The summed E-state index contributed by atoms with van der Waals surface area (Å²) in [5, 5.41) is 13.0. The summed E-state index contributed by atoms with van der Waals surface area (Å²) in [6.45, 7) is 6.11. The average molecular weight is 396 g/mol. The molecule has 0 saturated carbocycles. The molecule has 1 fully saturated rings. The number of rotatable bonds is 4. The van der Waals surface area contributed by atoms with Gasteiger partial charge in [-0.3, -0.25) is 4.79 Å². The van der Waals surface area contributed by atoms with E-state index in [0.717, 1.165) is 27.7 Å². The second-order valence-electron chi connectivity index (χ2n) is 7.69. The second kappa shape index (κ2) is 7.06. The van der Waals surface area contributed by atoms with Crippen LogP contribution in [0.25, 0.3) is 21.9 Å². The number of aryl methyl sites for hydroxylation is 3. The quantitative estimate of drug-likeness (QED) is 0.626. The molecule has 0 spiro atoms. The maximum absolute atomic E-state index is 12.5. The molecule has 0 radical (unpaired) electrons. The van der Waals surface area contributed by atoms with Crippen molar-refractivity contribution in [1.82, 2.24) is 4.90 Å². The minimum absolute atomic E-state index is 0.0486. The highest BCUT2D eigenvalue weighted by molar-refractivity contribution is 5.96. The number of amides is 1. The maximum atomic E-state index is 12.5. The zero-order valence-corrected chi connectivity index (χ0v) is 16.7. The van der Waals surface area contributed by atoms with Gasteiger partial charge < -0.3 is 23.6 Å². The van der Waals surface area contributed by atoms with Crippen molar-refractivity contribution >= 4 is 33.8 Å². The molecule has 7 nitrogen and oxygen atoms in total. The predicted octanol–water partition coefficient (Wildman–Crippen LogP) is 2.14. The SMILES string of the molecule is Cc1oc2cc3oc(=O)c(CCC(=O)N4CCC[C@H]4C(=O)[O-])c(C)c3cc2c1C. The van der Waals surface area contributed by atoms with Crippen LogP contribution in [0.15, 0.2) is 25.8 Å². The first-order valence-electron chi connectivity index (χ1n) is 9.74. The zero-order chi connectivity index (χ0) is 20.9. The average Bonchev–Trinajstić information content (AvgIpc) is 3.26. The van der Waals surface area contributed by atoms with E-state index in [0.29, 0.717) is 36.1 Å². The van der Waals surface area contributed by atoms with E-state index in [2.05, 4.69) is 0 Å². The van der Waals surface area contributed by atoms with Crippen molar-refractivity contribution < 1.29 is 23.5 Å². The standard InChI is InChI=1S/C22H23NO6/c1-11-13(3)28-18-10-19-16(9-15(11)18)12(2)14(22(27)29-19)6-7-20(24)23-8-4-5-17(23)21(25)26/h9-10,17H,4-8H2,1-3H3,(H,25,26)/p-1/t17-/m0/s1. The summed E-state index contributed by atoms with van der Waals surface area (Å²) in [4.78, 5) is 37.6. The summed E-state index contributed by atoms with van der Waals surface area (Å²) >= 11 is 0. The number of carboxylic acid groups (broad SMARTS) is 1. The molecule has 3 heterocycles. The van der Waals surface area contributed by atoms with Gasteiger partial charge >= 0.3 is 5.63 Å². The van der Waals surface area contributed by atoms with Gasteiger partial charge in [0, 0.05) is 35.4 Å². The van der Waals surface area contributed by atoms with Crippen LogP contribution in [0.3, 0.4) is 0 Å². The van der Waals surface area contributed by atoms with Gasteiger partial charge in [0.1, 0.15) is 16.9 Å². The first-order chi connectivity index (χ1) is 13.8. The van der Waals surface area contributed by atoms with Gasteiger partial charge in [-0.25, -0.2) is 4.79 Å². The van der Waals surface area contributed by atoms with Gasteiger partial charge in [0.2, 0.25) is 5.91 Å². The Balaban J connectivity index is 1.66. The third kappa shape index (κ3) is 3.20. The molecule has 29 heavy (non-hydrogen) atoms. The lowest BCUT2D eigenvalue weighted by atomic mass is 10.00. The number of benzene rings is 1. The Kier molecular flexibility index (Phi) is 4.68. The van der Waals surface area contributed by atoms with Crippen LogP contribution >= 0.6 is 0 Å². The molecule has 1 atom stereocenters. The van der Waals surface area contributed by atoms with Crippen LogP contribution in [0, 0.1) is 20.8 Å². The molecule has 1 amide bonds. The van der Waals surface area contributed by atoms with Crippen LogP contribution in [-0.4, -0.2) is 29.4 Å². The number of fused-ring (bicyclic) bond motifs is 2. The van der Waals surface area contributed by atoms with Crippen molar-refractivity contribution in [2.24, 2.45) is 0 Å². The van der Waals surface area contributed by atoms with Crippen molar-refractivity contribution in [2.75, 3.05) is 6.54 Å². The Labute approximate surface area is 166 Å². The fourth-order valence-corrected chi connectivity index (χ4v) is 4.20. The van der Waals surface area contributed by atoms with Crippen molar-refractivity contribution in [2.45, 2.75) is 52.5 Å². The molecular formula is C22H22NO6-. The Bertz CT molecular complexity index is 1200. The van der Waals surface area contributed by atoms with Crippen LogP contribution < -0.4 is 10.7 Å². The number of hydrogen-bond acceptors (Lipinski definition) is 6. The molecule has 4 rings (SSSR count). The largest absolute Gasteiger partial charge is 0.548 e. The Morgan fingerprint density at radius 3 is 2.52 bits per heavy atom. The summed E-state index contributed by atoms with van der Waals surface area (Å²) in [5.41, 5.74) is 2.86. The van der Waals surface area contributed by atoms with Crippen molar-refractivity contribution in [3.8, 4) is 0 Å². The normalized spacial score (nSPS) is 16.8. The molecule has 3 aromatic rings. The van der Waals surface area contributed by atoms with Crippen LogP contribution in [0.4, 0.5) is 0 Å². The van der Waals surface area contributed by atoms with E-state index in [9.17, 15) is 19.5 Å². The summed E-state index contributed by atoms with van der Waals surface area (Å²) in [6.07, 6.45) is 1.29. The van der Waals surface area contributed by atoms with E-state index in [4.69, 9.17) is 8.83 Å². The lowest BCUT2D eigenvalue weighted by molar-refractivity contribution is -0.310. The Morgan fingerprint density at radius 2 is 1.79 bits per heavy atom. The topological polar surface area (TPSA) is 104 Å². The number of carboxylic acids is 1. The van der Waals surface area contributed by atoms with Gasteiger partial charge in [-0.2, -0.15) is 0 Å². The zero-order valence-electron chi connectivity index (χ0n) is 16.7. The minimum atomic E-state index is -1.23. The Morgan fingerprint density at radius 1 is 1.10 bits per heavy atom. The third-order valence-corrected chi connectivity index (χ3v) is 6.02. The van der Waals surface area contributed by atoms with Gasteiger partial charge in [-0.1, -0.05) is 0 Å². The molecule has 0 N–H and O–H groups in total. The molecule has 0 bridgehead atoms. The van der Waals surface area contributed by atoms with E-state index in [-0.39, 0.29) is 18.7 Å². The third-order valence-electron chi connectivity index (χ3n) is 6.02. The fraction of sp³-hybridized carbons (Fsp3) is 0.409. The number of nitrogens with zero attached hydrogens (tertiary/aromatic N) is 1. The number of aliphatic carboxylic acids is 1. The number of carbonyl (C=O) groups is 2. The molecule has 1 aliphatic rings. The summed E-state index contributed by atoms with van der Waals surface area (Å²) in [5.74, 6) is -0.700. The van der Waals surface area contributed by atoms with Crippen LogP contribution in [0.1, 0.15) is 41.7 Å².